The quantitative estimate of drug-likeness (QED) is 0.324. The molecular weight excluding hydrogens is 212 g/mol. The van der Waals surface area contributed by atoms with Crippen molar-refractivity contribution in [2.24, 2.45) is 0 Å². The van der Waals surface area contributed by atoms with Gasteiger partial charge in [0.2, 0.25) is 0 Å². The van der Waals surface area contributed by atoms with E-state index in [9.17, 15) is 17.4 Å². The van der Waals surface area contributed by atoms with Crippen LogP contribution in [-0.2, 0) is 24.1 Å². The maximum Gasteiger partial charge on any atom is 0.373 e. The second-order valence-corrected chi connectivity index (χ2v) is 4.80. The summed E-state index contributed by atoms with van der Waals surface area (Å²) in [6, 6.07) is 0. The van der Waals surface area contributed by atoms with Crippen molar-refractivity contribution in [3.8, 4) is 0 Å². The Balaban J connectivity index is 0. The third kappa shape index (κ3) is 12.2. The summed E-state index contributed by atoms with van der Waals surface area (Å²) in [7, 11) is -7.87. The molecule has 74 valence electrons. The normalized spacial score (nSPS) is 12.6. The Morgan fingerprint density at radius 1 is 1.50 bits per heavy atom. The van der Waals surface area contributed by atoms with Gasteiger partial charge in [-0.25, -0.2) is 4.21 Å². The van der Waals surface area contributed by atoms with E-state index in [0.717, 1.165) is 0 Å². The van der Waals surface area contributed by atoms with E-state index in [4.69, 9.17) is 14.2 Å². The first-order valence-electron chi connectivity index (χ1n) is 2.52. The van der Waals surface area contributed by atoms with Crippen LogP contribution < -0.4 is 0 Å². The van der Waals surface area contributed by atoms with Gasteiger partial charge in [-0.3, -0.25) is 13.9 Å². The van der Waals surface area contributed by atoms with Gasteiger partial charge in [0.25, 0.3) is 0 Å². The van der Waals surface area contributed by atoms with E-state index < -0.39 is 25.2 Å². The van der Waals surface area contributed by atoms with Crippen LogP contribution in [0.1, 0.15) is 13.3 Å². The SMILES string of the molecule is CCC(=O)O.O=S(O)S(=O)(=O)O. The highest BCUT2D eigenvalue weighted by Crippen LogP contribution is 1.83. The summed E-state index contributed by atoms with van der Waals surface area (Å²) in [5.74, 6) is -0.745. The third-order valence-electron chi connectivity index (χ3n) is 0.483. The van der Waals surface area contributed by atoms with Gasteiger partial charge in [-0.2, -0.15) is 8.42 Å². The highest BCUT2D eigenvalue weighted by atomic mass is 33.2. The highest BCUT2D eigenvalue weighted by Gasteiger charge is 2.10. The number of hydrogen-bond acceptors (Lipinski definition) is 4. The summed E-state index contributed by atoms with van der Waals surface area (Å²) in [6.07, 6.45) is 0.222. The Labute approximate surface area is 70.8 Å². The largest absolute Gasteiger partial charge is 0.481 e. The molecule has 0 fully saturated rings. The Morgan fingerprint density at radius 3 is 1.67 bits per heavy atom. The van der Waals surface area contributed by atoms with E-state index in [1.165, 1.54) is 0 Å². The molecule has 0 saturated carbocycles. The van der Waals surface area contributed by atoms with E-state index in [1.807, 2.05) is 0 Å². The number of carbonyl (C=O) groups is 1. The van der Waals surface area contributed by atoms with Gasteiger partial charge in [0.05, 0.1) is 0 Å². The molecule has 0 aliphatic heterocycles. The number of carboxylic acids is 1. The van der Waals surface area contributed by atoms with Crippen molar-refractivity contribution in [3.05, 3.63) is 0 Å². The molecular formula is C3H8O7S2. The summed E-state index contributed by atoms with van der Waals surface area (Å²) in [5, 5.41) is 7.72. The fourth-order valence-corrected chi connectivity index (χ4v) is 0. The zero-order valence-electron chi connectivity index (χ0n) is 6.00. The van der Waals surface area contributed by atoms with Crippen molar-refractivity contribution in [2.45, 2.75) is 13.3 Å². The summed E-state index contributed by atoms with van der Waals surface area (Å²) >= 11 is 0. The van der Waals surface area contributed by atoms with E-state index in [0.29, 0.717) is 0 Å². The molecule has 0 saturated heterocycles. The second kappa shape index (κ2) is 6.06. The van der Waals surface area contributed by atoms with Crippen LogP contribution in [0.15, 0.2) is 0 Å². The highest BCUT2D eigenvalue weighted by molar-refractivity contribution is 8.59. The van der Waals surface area contributed by atoms with Gasteiger partial charge < -0.3 is 5.11 Å². The molecule has 1 atom stereocenters. The van der Waals surface area contributed by atoms with Crippen LogP contribution in [0.4, 0.5) is 0 Å². The average molecular weight is 220 g/mol. The molecule has 0 aromatic rings. The van der Waals surface area contributed by atoms with Gasteiger partial charge in [0, 0.05) is 6.42 Å². The topological polar surface area (TPSA) is 129 Å². The third-order valence-corrected chi connectivity index (χ3v) is 1.92. The zero-order valence-corrected chi connectivity index (χ0v) is 7.63. The predicted octanol–water partition coefficient (Wildman–Crippen LogP) is -0.508. The predicted molar refractivity (Wildman–Crippen MR) is 40.2 cm³/mol. The van der Waals surface area contributed by atoms with Crippen LogP contribution in [-0.4, -0.2) is 32.8 Å². The first-order chi connectivity index (χ1) is 5.21. The van der Waals surface area contributed by atoms with Crippen LogP contribution >= 0.6 is 0 Å². The fourth-order valence-electron chi connectivity index (χ4n) is 0. The lowest BCUT2D eigenvalue weighted by Crippen LogP contribution is -2.03. The van der Waals surface area contributed by atoms with Crippen LogP contribution in [0, 0.1) is 0 Å². The molecule has 0 aliphatic rings. The first-order valence-corrected chi connectivity index (χ1v) is 5.58. The first kappa shape index (κ1) is 14.0. The Morgan fingerprint density at radius 2 is 1.67 bits per heavy atom. The van der Waals surface area contributed by atoms with Crippen molar-refractivity contribution < 1.29 is 31.6 Å². The number of rotatable bonds is 2. The number of hydrogen-bond donors (Lipinski definition) is 3. The van der Waals surface area contributed by atoms with Crippen molar-refractivity contribution >= 4 is 25.2 Å². The van der Waals surface area contributed by atoms with Crippen LogP contribution in [0.25, 0.3) is 0 Å². The van der Waals surface area contributed by atoms with E-state index in [-0.39, 0.29) is 6.42 Å². The maximum atomic E-state index is 9.37. The lowest BCUT2D eigenvalue weighted by molar-refractivity contribution is -0.136. The lowest BCUT2D eigenvalue weighted by Gasteiger charge is -1.80. The number of carboxylic acid groups (broad SMARTS) is 1. The molecule has 0 aromatic carbocycles. The minimum atomic E-state index is -4.71. The Hall–Kier alpha value is -0.510. The van der Waals surface area contributed by atoms with E-state index in [2.05, 4.69) is 0 Å². The van der Waals surface area contributed by atoms with Gasteiger partial charge in [-0.15, -0.1) is 0 Å². The molecule has 0 radical (unpaired) electrons. The average Bonchev–Trinajstić information content (AvgIpc) is 1.87. The Bertz CT molecular complexity index is 252. The van der Waals surface area contributed by atoms with Crippen molar-refractivity contribution in [2.75, 3.05) is 0 Å². The standard InChI is InChI=1S/C3H6O2.H2O5S2/c1-2-3(4)5;1-6(2)7(3,4)5/h2H2,1H3,(H,4,5);(H,1,2)(H,3,4,5). The molecule has 3 N–H and O–H groups in total. The van der Waals surface area contributed by atoms with Crippen molar-refractivity contribution in [1.82, 2.24) is 0 Å². The van der Waals surface area contributed by atoms with Gasteiger partial charge in [0.1, 0.15) is 0 Å². The second-order valence-electron chi connectivity index (χ2n) is 1.39. The maximum absolute atomic E-state index is 9.37. The monoisotopic (exact) mass is 220 g/mol. The zero-order chi connectivity index (χ0) is 10.4. The van der Waals surface area contributed by atoms with Crippen LogP contribution in [0.5, 0.6) is 0 Å². The number of aliphatic carboxylic acids is 1. The van der Waals surface area contributed by atoms with Gasteiger partial charge in [-0.1, -0.05) is 6.92 Å². The Kier molecular flexibility index (Phi) is 7.09. The summed E-state index contributed by atoms with van der Waals surface area (Å²) in [4.78, 5) is 9.37. The van der Waals surface area contributed by atoms with E-state index in [1.54, 1.807) is 6.92 Å². The molecule has 0 aromatic heterocycles. The van der Waals surface area contributed by atoms with Crippen molar-refractivity contribution in [3.63, 3.8) is 0 Å². The minimum absolute atomic E-state index is 0.222. The lowest BCUT2D eigenvalue weighted by atomic mass is 10.5. The smallest absolute Gasteiger partial charge is 0.373 e. The van der Waals surface area contributed by atoms with Crippen LogP contribution in [0.3, 0.4) is 0 Å². The van der Waals surface area contributed by atoms with E-state index >= 15 is 0 Å². The summed E-state index contributed by atoms with van der Waals surface area (Å²) < 4.78 is 43.0. The van der Waals surface area contributed by atoms with Gasteiger partial charge in [-0.05, 0) is 0 Å². The molecule has 1 unspecified atom stereocenters. The molecule has 9 heteroatoms. The van der Waals surface area contributed by atoms with Crippen LogP contribution in [0.2, 0.25) is 0 Å². The molecule has 0 heterocycles. The molecule has 0 aliphatic carbocycles. The molecule has 0 bridgehead atoms. The summed E-state index contributed by atoms with van der Waals surface area (Å²) in [6.45, 7) is 1.60. The fraction of sp³-hybridized carbons (Fsp3) is 0.667. The molecule has 12 heavy (non-hydrogen) atoms. The minimum Gasteiger partial charge on any atom is -0.481 e. The molecule has 0 spiro atoms. The van der Waals surface area contributed by atoms with Crippen molar-refractivity contribution in [1.29, 1.82) is 0 Å². The molecule has 7 nitrogen and oxygen atoms in total. The van der Waals surface area contributed by atoms with Gasteiger partial charge >= 0.3 is 25.2 Å². The van der Waals surface area contributed by atoms with Gasteiger partial charge in [0.15, 0.2) is 0 Å². The molecule has 0 amide bonds. The summed E-state index contributed by atoms with van der Waals surface area (Å²) in [5.41, 5.74) is 0. The molecule has 0 rings (SSSR count).